The van der Waals surface area contributed by atoms with Crippen LogP contribution in [0.5, 0.6) is 11.5 Å². The molecule has 11 heteroatoms. The molecule has 0 radical (unpaired) electrons. The van der Waals surface area contributed by atoms with Crippen LogP contribution in [0.25, 0.3) is 11.1 Å². The van der Waals surface area contributed by atoms with E-state index in [1.165, 1.54) is 18.1 Å². The third kappa shape index (κ3) is 9.79. The Balaban J connectivity index is 0.000000587. The first-order valence-corrected chi connectivity index (χ1v) is 14.4. The van der Waals surface area contributed by atoms with Crippen molar-refractivity contribution in [3.8, 4) is 22.6 Å². The van der Waals surface area contributed by atoms with E-state index >= 15 is 0 Å². The number of anilines is 2. The summed E-state index contributed by atoms with van der Waals surface area (Å²) in [7, 11) is 6.00. The Morgan fingerprint density at radius 2 is 1.67 bits per heavy atom. The predicted molar refractivity (Wildman–Crippen MR) is 171 cm³/mol. The van der Waals surface area contributed by atoms with Crippen LogP contribution < -0.4 is 20.7 Å². The fourth-order valence-electron chi connectivity index (χ4n) is 4.52. The maximum Gasteiger partial charge on any atom is 0.323 e. The summed E-state index contributed by atoms with van der Waals surface area (Å²) in [5, 5.41) is 8.54. The van der Waals surface area contributed by atoms with E-state index in [0.717, 1.165) is 44.7 Å². The monoisotopic (exact) mass is 589 g/mol. The molecule has 0 saturated carbocycles. The first-order valence-electron chi connectivity index (χ1n) is 14.0. The minimum atomic E-state index is -0.236. The van der Waals surface area contributed by atoms with Crippen LogP contribution in [0.2, 0.25) is 0 Å². The predicted octanol–water partition coefficient (Wildman–Crippen LogP) is 4.86. The normalized spacial score (nSPS) is 13.8. The molecule has 2 aliphatic carbocycles. The summed E-state index contributed by atoms with van der Waals surface area (Å²) in [6, 6.07) is 19.0. The second kappa shape index (κ2) is 14.7. The number of urea groups is 1. The van der Waals surface area contributed by atoms with Gasteiger partial charge in [0.15, 0.2) is 5.11 Å². The summed E-state index contributed by atoms with van der Waals surface area (Å²) in [6.45, 7) is 5.47. The third-order valence-electron chi connectivity index (χ3n) is 7.01. The molecule has 42 heavy (non-hydrogen) atoms. The highest BCUT2D eigenvalue weighted by atomic mass is 32.1. The molecule has 1 aliphatic heterocycles. The molecular weight excluding hydrogens is 550 g/mol. The summed E-state index contributed by atoms with van der Waals surface area (Å²) in [5.74, 6) is 1.34. The standard InChI is InChI=1S/C25H35N7O3S.C6H4/c1-18(33)27-24(36)28-19-5-7-21(8-6-19)35-22-9-12-26-23(17-22)29-25(34)31(4)20-10-13-32(14-11-20)16-15-30(2)3;1-2-5-4-6(5)3-1/h5-9,12,17,20H,10-11,13-16H2,1-4H3,(H,26,29,34)(H2,27,28,33,36);1-4H. The number of carbonyl (C=O) groups is 2. The van der Waals surface area contributed by atoms with Crippen LogP contribution >= 0.6 is 12.2 Å². The van der Waals surface area contributed by atoms with Crippen LogP contribution in [0.4, 0.5) is 16.3 Å². The number of pyridine rings is 1. The van der Waals surface area contributed by atoms with Crippen molar-refractivity contribution in [3.63, 3.8) is 0 Å². The lowest BCUT2D eigenvalue weighted by Crippen LogP contribution is -2.48. The zero-order chi connectivity index (χ0) is 30.1. The molecule has 0 bridgehead atoms. The van der Waals surface area contributed by atoms with Crippen molar-refractivity contribution in [3.05, 3.63) is 66.9 Å². The average molecular weight is 590 g/mol. The van der Waals surface area contributed by atoms with Crippen LogP contribution in [0, 0.1) is 0 Å². The van der Waals surface area contributed by atoms with Crippen molar-refractivity contribution in [2.45, 2.75) is 25.8 Å². The van der Waals surface area contributed by atoms with Crippen molar-refractivity contribution in [2.75, 3.05) is 58.0 Å². The molecule has 3 amide bonds. The number of nitrogens with zero attached hydrogens (tertiary/aromatic N) is 4. The molecule has 3 N–H and O–H groups in total. The van der Waals surface area contributed by atoms with Gasteiger partial charge in [0, 0.05) is 64.1 Å². The van der Waals surface area contributed by atoms with E-state index in [2.05, 4.69) is 69.1 Å². The van der Waals surface area contributed by atoms with Gasteiger partial charge in [-0.3, -0.25) is 10.1 Å². The Labute approximate surface area is 253 Å². The smallest absolute Gasteiger partial charge is 0.323 e. The van der Waals surface area contributed by atoms with E-state index in [4.69, 9.17) is 17.0 Å². The number of hydrogen-bond acceptors (Lipinski definition) is 7. The molecule has 1 aromatic heterocycles. The lowest BCUT2D eigenvalue weighted by atomic mass is 10.0. The second-order valence-corrected chi connectivity index (χ2v) is 11.0. The van der Waals surface area contributed by atoms with Gasteiger partial charge in [-0.05, 0) is 86.7 Å². The molecule has 2 aromatic rings. The maximum absolute atomic E-state index is 12.8. The fraction of sp³-hybridized carbons (Fsp3) is 0.355. The van der Waals surface area contributed by atoms with Crippen LogP contribution in [0.3, 0.4) is 0 Å². The number of hydrogen-bond donors (Lipinski definition) is 3. The van der Waals surface area contributed by atoms with E-state index in [1.54, 1.807) is 47.5 Å². The van der Waals surface area contributed by atoms with E-state index in [-0.39, 0.29) is 23.1 Å². The number of benzene rings is 2. The van der Waals surface area contributed by atoms with Gasteiger partial charge in [-0.15, -0.1) is 0 Å². The maximum atomic E-state index is 12.8. The van der Waals surface area contributed by atoms with Crippen molar-refractivity contribution in [1.82, 2.24) is 25.0 Å². The summed E-state index contributed by atoms with van der Waals surface area (Å²) >= 11 is 5.06. The zero-order valence-electron chi connectivity index (χ0n) is 24.6. The van der Waals surface area contributed by atoms with Gasteiger partial charge in [-0.1, -0.05) is 18.2 Å². The molecule has 0 spiro atoms. The first-order chi connectivity index (χ1) is 20.2. The van der Waals surface area contributed by atoms with Gasteiger partial charge in [0.1, 0.15) is 17.3 Å². The molecule has 0 unspecified atom stereocenters. The Morgan fingerprint density at radius 3 is 2.24 bits per heavy atom. The number of ether oxygens (including phenoxy) is 1. The van der Waals surface area contributed by atoms with Gasteiger partial charge < -0.3 is 30.1 Å². The molecule has 10 nitrogen and oxygen atoms in total. The fourth-order valence-corrected chi connectivity index (χ4v) is 4.78. The van der Waals surface area contributed by atoms with Crippen molar-refractivity contribution < 1.29 is 14.3 Å². The lowest BCUT2D eigenvalue weighted by Gasteiger charge is -2.37. The van der Waals surface area contributed by atoms with Gasteiger partial charge in [-0.2, -0.15) is 0 Å². The van der Waals surface area contributed by atoms with E-state index in [1.807, 2.05) is 7.05 Å². The SMILES string of the molecule is CC(=O)NC(=S)Nc1ccc(Oc2ccnc(NC(=O)N(C)C3CCN(CCN(C)C)CC3)c2)cc1.c1cc2cc-2c1. The van der Waals surface area contributed by atoms with Crippen LogP contribution in [-0.2, 0) is 4.79 Å². The summed E-state index contributed by atoms with van der Waals surface area (Å²) in [6.07, 6.45) is 3.50. The number of amides is 3. The highest BCUT2D eigenvalue weighted by Crippen LogP contribution is 2.32. The Morgan fingerprint density at radius 1 is 0.976 bits per heavy atom. The lowest BCUT2D eigenvalue weighted by molar-refractivity contribution is -0.117. The molecule has 0 atom stereocenters. The number of piperidine rings is 1. The number of carbonyl (C=O) groups excluding carboxylic acids is 2. The minimum Gasteiger partial charge on any atom is -0.457 e. The molecule has 1 saturated heterocycles. The van der Waals surface area contributed by atoms with Gasteiger partial charge >= 0.3 is 6.03 Å². The number of likely N-dealkylation sites (tertiary alicyclic amines) is 1. The van der Waals surface area contributed by atoms with E-state index in [9.17, 15) is 9.59 Å². The summed E-state index contributed by atoms with van der Waals surface area (Å²) in [4.78, 5) is 34.6. The van der Waals surface area contributed by atoms with E-state index in [0.29, 0.717) is 17.3 Å². The van der Waals surface area contributed by atoms with E-state index < -0.39 is 0 Å². The number of fused-ring (bicyclic) bond motifs is 1. The molecule has 222 valence electrons. The quantitative estimate of drug-likeness (QED) is 0.251. The van der Waals surface area contributed by atoms with Gasteiger partial charge in [0.2, 0.25) is 5.91 Å². The minimum absolute atomic E-state index is 0.183. The molecule has 1 fully saturated rings. The van der Waals surface area contributed by atoms with Crippen LogP contribution in [0.1, 0.15) is 19.8 Å². The Bertz CT molecular complexity index is 1360. The number of likely N-dealkylation sites (N-methyl/N-ethyl adjacent to an activating group) is 1. The molecule has 2 heterocycles. The zero-order valence-corrected chi connectivity index (χ0v) is 25.4. The van der Waals surface area contributed by atoms with Crippen molar-refractivity contribution in [2.24, 2.45) is 0 Å². The van der Waals surface area contributed by atoms with Gasteiger partial charge in [0.05, 0.1) is 0 Å². The summed E-state index contributed by atoms with van der Waals surface area (Å²) in [5.41, 5.74) is 3.57. The summed E-state index contributed by atoms with van der Waals surface area (Å²) < 4.78 is 5.91. The highest BCUT2D eigenvalue weighted by Gasteiger charge is 2.25. The van der Waals surface area contributed by atoms with Gasteiger partial charge in [-0.25, -0.2) is 9.78 Å². The largest absolute Gasteiger partial charge is 0.457 e. The molecule has 1 aromatic carbocycles. The van der Waals surface area contributed by atoms with Crippen LogP contribution in [-0.4, -0.2) is 90.1 Å². The van der Waals surface area contributed by atoms with Crippen molar-refractivity contribution in [1.29, 1.82) is 0 Å². The van der Waals surface area contributed by atoms with Gasteiger partial charge in [0.25, 0.3) is 0 Å². The number of thiocarbonyl (C=S) groups is 1. The third-order valence-corrected chi connectivity index (χ3v) is 7.21. The highest BCUT2D eigenvalue weighted by molar-refractivity contribution is 7.80. The Kier molecular flexibility index (Phi) is 10.8. The van der Waals surface area contributed by atoms with Crippen molar-refractivity contribution >= 4 is 40.8 Å². The number of nitrogens with one attached hydrogen (secondary N) is 3. The second-order valence-electron chi connectivity index (χ2n) is 10.6. The average Bonchev–Trinajstić information content (AvgIpc) is 3.56. The molecular formula is C31H39N7O3S. The Hall–Kier alpha value is -4.06. The van der Waals surface area contributed by atoms with Crippen LogP contribution in [0.15, 0.2) is 66.9 Å². The molecule has 5 rings (SSSR count). The number of aromatic nitrogens is 1. The molecule has 3 aliphatic rings. The number of rotatable bonds is 8. The topological polar surface area (TPSA) is 102 Å². The first kappa shape index (κ1) is 30.9.